The predicted molar refractivity (Wildman–Crippen MR) is 41.8 cm³/mol. The van der Waals surface area contributed by atoms with Crippen molar-refractivity contribution in [3.8, 4) is 0 Å². The third kappa shape index (κ3) is 2.69. The summed E-state index contributed by atoms with van der Waals surface area (Å²) in [6, 6.07) is 0. The van der Waals surface area contributed by atoms with Crippen molar-refractivity contribution in [2.75, 3.05) is 13.1 Å². The van der Waals surface area contributed by atoms with Gasteiger partial charge in [0, 0.05) is 13.1 Å². The third-order valence-corrected chi connectivity index (χ3v) is 1.29. The lowest BCUT2D eigenvalue weighted by atomic mass is 10.5. The first-order chi connectivity index (χ1) is 5.17. The van der Waals surface area contributed by atoms with Crippen LogP contribution >= 0.6 is 0 Å². The second kappa shape index (κ2) is 4.87. The average Bonchev–Trinajstić information content (AvgIpc) is 2.05. The first kappa shape index (κ1) is 10.1. The molecule has 0 aliphatic heterocycles. The molecule has 0 radical (unpaired) electrons. The molecule has 4 nitrogen and oxygen atoms in total. The number of carbonyl (C=O) groups excluding carboxylic acids is 1. The summed E-state index contributed by atoms with van der Waals surface area (Å²) in [7, 11) is 0. The lowest BCUT2D eigenvalue weighted by molar-refractivity contribution is -0.233. The van der Waals surface area contributed by atoms with Gasteiger partial charge in [-0.15, -0.1) is 0 Å². The maximum absolute atomic E-state index is 10.9. The molecule has 0 saturated heterocycles. The molecule has 11 heavy (non-hydrogen) atoms. The number of likely N-dealkylation sites (N-methyl/N-ethyl adjacent to an activating group) is 1. The summed E-state index contributed by atoms with van der Waals surface area (Å²) >= 11 is 0. The minimum absolute atomic E-state index is 0.295. The Hall–Kier alpha value is -0.870. The Kier molecular flexibility index (Phi) is 4.49. The van der Waals surface area contributed by atoms with E-state index in [9.17, 15) is 4.79 Å². The first-order valence-corrected chi connectivity index (χ1v) is 3.57. The zero-order chi connectivity index (χ0) is 8.85. The summed E-state index contributed by atoms with van der Waals surface area (Å²) in [6.07, 6.45) is 1.17. The minimum Gasteiger partial charge on any atom is -0.294 e. The molecule has 0 heterocycles. The summed E-state index contributed by atoms with van der Waals surface area (Å²) in [5.41, 5.74) is 0. The van der Waals surface area contributed by atoms with E-state index in [1.807, 2.05) is 0 Å². The molecule has 0 aromatic rings. The fraction of sp³-hybridized carbons (Fsp3) is 0.571. The van der Waals surface area contributed by atoms with Crippen LogP contribution in [-0.2, 0) is 4.79 Å². The summed E-state index contributed by atoms with van der Waals surface area (Å²) in [5.74, 6) is -0.295. The Morgan fingerprint density at radius 1 is 1.55 bits per heavy atom. The molecule has 0 fully saturated rings. The molecule has 0 aliphatic carbocycles. The molecule has 0 bridgehead atoms. The highest BCUT2D eigenvalue weighted by molar-refractivity contribution is 5.86. The number of amides is 1. The van der Waals surface area contributed by atoms with Crippen LogP contribution in [0.15, 0.2) is 12.7 Å². The lowest BCUT2D eigenvalue weighted by Crippen LogP contribution is -2.43. The topological polar surface area (TPSA) is 43.8 Å². The Morgan fingerprint density at radius 2 is 2.09 bits per heavy atom. The Labute approximate surface area is 66.6 Å². The number of hydrogen-bond acceptors (Lipinski definition) is 3. The molecule has 0 unspecified atom stereocenters. The van der Waals surface area contributed by atoms with Crippen molar-refractivity contribution < 1.29 is 10.0 Å². The van der Waals surface area contributed by atoms with Gasteiger partial charge < -0.3 is 0 Å². The number of hydroxylamine groups is 1. The molecule has 0 atom stereocenters. The fourth-order valence-corrected chi connectivity index (χ4v) is 0.709. The average molecular weight is 158 g/mol. The monoisotopic (exact) mass is 158 g/mol. The highest BCUT2D eigenvalue weighted by Gasteiger charge is 2.12. The van der Waals surface area contributed by atoms with Crippen LogP contribution in [0.3, 0.4) is 0 Å². The van der Waals surface area contributed by atoms with Gasteiger partial charge in [-0.2, -0.15) is 0 Å². The van der Waals surface area contributed by atoms with Crippen molar-refractivity contribution in [1.82, 2.24) is 10.2 Å². The number of nitrogens with zero attached hydrogens (tertiary/aromatic N) is 2. The molecular formula is C7H14N2O2. The summed E-state index contributed by atoms with van der Waals surface area (Å²) in [4.78, 5) is 10.9. The molecule has 1 N–H and O–H groups in total. The van der Waals surface area contributed by atoms with Gasteiger partial charge in [0.05, 0.1) is 0 Å². The van der Waals surface area contributed by atoms with E-state index < -0.39 is 0 Å². The van der Waals surface area contributed by atoms with Gasteiger partial charge in [-0.05, 0) is 19.9 Å². The largest absolute Gasteiger partial charge is 0.294 e. The molecule has 0 aliphatic rings. The molecular weight excluding hydrogens is 144 g/mol. The van der Waals surface area contributed by atoms with E-state index in [0.29, 0.717) is 13.1 Å². The quantitative estimate of drug-likeness (QED) is 0.482. The van der Waals surface area contributed by atoms with Crippen LogP contribution in [0, 0.1) is 0 Å². The van der Waals surface area contributed by atoms with Gasteiger partial charge in [0.2, 0.25) is 0 Å². The number of rotatable bonds is 4. The smallest absolute Gasteiger partial charge is 0.262 e. The Balaban J connectivity index is 4.14. The summed E-state index contributed by atoms with van der Waals surface area (Å²) in [6.45, 7) is 7.67. The predicted octanol–water partition coefficient (Wildman–Crippen LogP) is 0.647. The van der Waals surface area contributed by atoms with Crippen molar-refractivity contribution in [2.45, 2.75) is 13.8 Å². The second-order valence-electron chi connectivity index (χ2n) is 1.95. The molecule has 1 amide bonds. The van der Waals surface area contributed by atoms with Gasteiger partial charge in [0.1, 0.15) is 0 Å². The third-order valence-electron chi connectivity index (χ3n) is 1.29. The second-order valence-corrected chi connectivity index (χ2v) is 1.95. The zero-order valence-corrected chi connectivity index (χ0v) is 6.95. The van der Waals surface area contributed by atoms with E-state index in [4.69, 9.17) is 5.21 Å². The summed E-state index contributed by atoms with van der Waals surface area (Å²) < 4.78 is 0. The number of carbonyl (C=O) groups is 1. The van der Waals surface area contributed by atoms with Crippen LogP contribution < -0.4 is 0 Å². The number of hydrogen-bond donors (Lipinski definition) is 1. The van der Waals surface area contributed by atoms with Crippen LogP contribution in [0.2, 0.25) is 0 Å². The molecule has 0 spiro atoms. The Morgan fingerprint density at radius 3 is 2.36 bits per heavy atom. The molecule has 0 aromatic heterocycles. The molecule has 64 valence electrons. The highest BCUT2D eigenvalue weighted by Crippen LogP contribution is 1.94. The Bertz CT molecular complexity index is 147. The first-order valence-electron chi connectivity index (χ1n) is 3.57. The SMILES string of the molecule is C=CC(=O)N(CC)N(O)CC. The van der Waals surface area contributed by atoms with Crippen molar-refractivity contribution in [1.29, 1.82) is 0 Å². The standard InChI is InChI=1S/C7H14N2O2/c1-4-7(10)8(5-2)9(11)6-3/h4,11H,1,5-6H2,2-3H3. The van der Waals surface area contributed by atoms with Crippen LogP contribution in [-0.4, -0.2) is 34.4 Å². The highest BCUT2D eigenvalue weighted by atomic mass is 16.6. The zero-order valence-electron chi connectivity index (χ0n) is 6.95. The van der Waals surface area contributed by atoms with E-state index >= 15 is 0 Å². The maximum Gasteiger partial charge on any atom is 0.262 e. The van der Waals surface area contributed by atoms with Crippen LogP contribution in [0.1, 0.15) is 13.8 Å². The normalized spacial score (nSPS) is 9.82. The molecule has 0 rings (SSSR count). The number of hydrazine groups is 1. The summed E-state index contributed by atoms with van der Waals surface area (Å²) in [5, 5.41) is 11.2. The van der Waals surface area contributed by atoms with Crippen molar-refractivity contribution in [3.63, 3.8) is 0 Å². The van der Waals surface area contributed by atoms with Crippen molar-refractivity contribution in [2.24, 2.45) is 0 Å². The van der Waals surface area contributed by atoms with Gasteiger partial charge in [-0.1, -0.05) is 11.8 Å². The van der Waals surface area contributed by atoms with Gasteiger partial charge in [0.15, 0.2) is 0 Å². The van der Waals surface area contributed by atoms with E-state index in [1.54, 1.807) is 13.8 Å². The van der Waals surface area contributed by atoms with E-state index in [1.165, 1.54) is 11.1 Å². The van der Waals surface area contributed by atoms with E-state index in [-0.39, 0.29) is 5.91 Å². The van der Waals surface area contributed by atoms with Gasteiger partial charge in [0.25, 0.3) is 5.91 Å². The fourth-order valence-electron chi connectivity index (χ4n) is 0.709. The van der Waals surface area contributed by atoms with E-state index in [0.717, 1.165) is 5.17 Å². The minimum atomic E-state index is -0.295. The van der Waals surface area contributed by atoms with Crippen LogP contribution in [0.5, 0.6) is 0 Å². The molecule has 0 aromatic carbocycles. The van der Waals surface area contributed by atoms with Crippen molar-refractivity contribution >= 4 is 5.91 Å². The van der Waals surface area contributed by atoms with Gasteiger partial charge in [-0.3, -0.25) is 10.0 Å². The van der Waals surface area contributed by atoms with Crippen LogP contribution in [0.25, 0.3) is 0 Å². The van der Waals surface area contributed by atoms with Crippen LogP contribution in [0.4, 0.5) is 0 Å². The van der Waals surface area contributed by atoms with E-state index in [2.05, 4.69) is 6.58 Å². The maximum atomic E-state index is 10.9. The van der Waals surface area contributed by atoms with Crippen molar-refractivity contribution in [3.05, 3.63) is 12.7 Å². The van der Waals surface area contributed by atoms with Gasteiger partial charge >= 0.3 is 0 Å². The molecule has 4 heteroatoms. The van der Waals surface area contributed by atoms with Gasteiger partial charge in [-0.25, -0.2) is 5.01 Å². The lowest BCUT2D eigenvalue weighted by Gasteiger charge is -2.26. The molecule has 0 saturated carbocycles.